The van der Waals surface area contributed by atoms with E-state index >= 15 is 0 Å². The molecule has 0 radical (unpaired) electrons. The van der Waals surface area contributed by atoms with Crippen LogP contribution in [-0.2, 0) is 19.1 Å². The fourth-order valence-electron chi connectivity index (χ4n) is 4.04. The van der Waals surface area contributed by atoms with Crippen LogP contribution in [0.15, 0.2) is 30.0 Å². The molecule has 1 unspecified atom stereocenters. The van der Waals surface area contributed by atoms with Crippen molar-refractivity contribution in [3.63, 3.8) is 0 Å². The smallest absolute Gasteiger partial charge is 0.289 e. The summed E-state index contributed by atoms with van der Waals surface area (Å²) in [4.78, 5) is 38.8. The second-order valence-corrected chi connectivity index (χ2v) is 8.82. The summed E-state index contributed by atoms with van der Waals surface area (Å²) in [5, 5.41) is 2.82. The van der Waals surface area contributed by atoms with Crippen LogP contribution in [0.1, 0.15) is 51.5 Å². The van der Waals surface area contributed by atoms with Gasteiger partial charge in [-0.2, -0.15) is 0 Å². The summed E-state index contributed by atoms with van der Waals surface area (Å²) >= 11 is 0. The molecule has 2 aliphatic rings. The lowest BCUT2D eigenvalue weighted by molar-refractivity contribution is -0.139. The number of carbonyl (C=O) groups is 3. The molecule has 0 saturated carbocycles. The molecule has 162 valence electrons. The van der Waals surface area contributed by atoms with Crippen molar-refractivity contribution in [3.05, 3.63) is 41.4 Å². The quantitative estimate of drug-likeness (QED) is 0.793. The number of hydrogen-bond donors (Lipinski definition) is 1. The van der Waals surface area contributed by atoms with Crippen molar-refractivity contribution >= 4 is 23.3 Å². The van der Waals surface area contributed by atoms with Crippen LogP contribution in [0, 0.1) is 18.7 Å². The van der Waals surface area contributed by atoms with Crippen molar-refractivity contribution in [3.8, 4) is 0 Å². The maximum Gasteiger partial charge on any atom is 0.289 e. The van der Waals surface area contributed by atoms with Gasteiger partial charge in [0, 0.05) is 37.7 Å². The fourth-order valence-corrected chi connectivity index (χ4v) is 4.04. The molecule has 2 amide bonds. The zero-order valence-electron chi connectivity index (χ0n) is 17.8. The highest BCUT2D eigenvalue weighted by Gasteiger charge is 2.35. The minimum atomic E-state index is -0.678. The molecule has 1 fully saturated rings. The number of hydrogen-bond acceptors (Lipinski definition) is 4. The number of amides is 2. The van der Waals surface area contributed by atoms with Gasteiger partial charge >= 0.3 is 0 Å². The van der Waals surface area contributed by atoms with Crippen LogP contribution < -0.4 is 5.32 Å². The van der Waals surface area contributed by atoms with Crippen LogP contribution in [0.3, 0.4) is 0 Å². The van der Waals surface area contributed by atoms with Crippen molar-refractivity contribution < 1.29 is 23.5 Å². The lowest BCUT2D eigenvalue weighted by atomic mass is 9.92. The third-order valence-corrected chi connectivity index (χ3v) is 5.54. The highest BCUT2D eigenvalue weighted by molar-refractivity contribution is 6.01. The molecule has 30 heavy (non-hydrogen) atoms. The van der Waals surface area contributed by atoms with Crippen molar-refractivity contribution in [2.75, 3.05) is 18.4 Å². The van der Waals surface area contributed by atoms with Gasteiger partial charge in [-0.15, -0.1) is 0 Å². The van der Waals surface area contributed by atoms with E-state index in [1.54, 1.807) is 31.7 Å². The molecule has 1 aromatic rings. The maximum absolute atomic E-state index is 13.2. The predicted octanol–water partition coefficient (Wildman–Crippen LogP) is 3.74. The van der Waals surface area contributed by atoms with Crippen LogP contribution in [0.4, 0.5) is 10.1 Å². The summed E-state index contributed by atoms with van der Waals surface area (Å²) in [5.74, 6) is -0.501. The number of nitrogens with zero attached hydrogens (tertiary/aromatic N) is 1. The number of ketones is 1. The summed E-state index contributed by atoms with van der Waals surface area (Å²) < 4.78 is 18.9. The van der Waals surface area contributed by atoms with E-state index in [0.717, 1.165) is 12.8 Å². The third-order valence-electron chi connectivity index (χ3n) is 5.54. The summed E-state index contributed by atoms with van der Waals surface area (Å²) in [5.41, 5.74) is 0.606. The van der Waals surface area contributed by atoms with Gasteiger partial charge in [-0.3, -0.25) is 14.4 Å². The fraction of sp³-hybridized carbons (Fsp3) is 0.522. The lowest BCUT2D eigenvalue weighted by Gasteiger charge is -2.36. The predicted molar refractivity (Wildman–Crippen MR) is 111 cm³/mol. The monoisotopic (exact) mass is 416 g/mol. The SMILES string of the molecule is Cc1cc(F)ccc1NC(=O)CCC1CCCN(C(=O)C2=CC(=O)CC(C)(C)O2)C1. The average molecular weight is 416 g/mol. The summed E-state index contributed by atoms with van der Waals surface area (Å²) in [7, 11) is 0. The molecule has 2 heterocycles. The number of piperidine rings is 1. The van der Waals surface area contributed by atoms with E-state index in [9.17, 15) is 18.8 Å². The van der Waals surface area contributed by atoms with Crippen molar-refractivity contribution in [2.24, 2.45) is 5.92 Å². The minimum absolute atomic E-state index is 0.101. The van der Waals surface area contributed by atoms with Gasteiger partial charge < -0.3 is 15.0 Å². The normalized spacial score (nSPS) is 20.9. The van der Waals surface area contributed by atoms with Gasteiger partial charge in [-0.1, -0.05) is 0 Å². The number of carbonyl (C=O) groups excluding carboxylic acids is 3. The lowest BCUT2D eigenvalue weighted by Crippen LogP contribution is -2.44. The number of rotatable bonds is 5. The minimum Gasteiger partial charge on any atom is -0.481 e. The van der Waals surface area contributed by atoms with Crippen molar-refractivity contribution in [2.45, 2.75) is 58.5 Å². The standard InChI is InChI=1S/C23H29FN2O4/c1-15-11-17(24)7-8-19(15)25-21(28)9-6-16-5-4-10-26(14-16)22(29)20-12-18(27)13-23(2,3)30-20/h7-8,11-12,16H,4-6,9-10,13-14H2,1-3H3,(H,25,28). The van der Waals surface area contributed by atoms with E-state index in [0.29, 0.717) is 37.2 Å². The van der Waals surface area contributed by atoms with Crippen LogP contribution in [0.2, 0.25) is 0 Å². The Morgan fingerprint density at radius 2 is 2.10 bits per heavy atom. The number of benzene rings is 1. The molecule has 3 rings (SSSR count). The average Bonchev–Trinajstić information content (AvgIpc) is 2.66. The molecule has 0 aliphatic carbocycles. The van der Waals surface area contributed by atoms with Gasteiger partial charge in [0.05, 0.1) is 0 Å². The second kappa shape index (κ2) is 8.98. The number of nitrogens with one attached hydrogen (secondary N) is 1. The van der Waals surface area contributed by atoms with Gasteiger partial charge in [0.1, 0.15) is 11.4 Å². The van der Waals surface area contributed by atoms with Crippen LogP contribution >= 0.6 is 0 Å². The van der Waals surface area contributed by atoms with E-state index in [1.807, 2.05) is 0 Å². The molecule has 0 bridgehead atoms. The van der Waals surface area contributed by atoms with Gasteiger partial charge in [0.2, 0.25) is 5.91 Å². The van der Waals surface area contributed by atoms with Crippen LogP contribution in [-0.4, -0.2) is 41.2 Å². The van der Waals surface area contributed by atoms with Gasteiger partial charge in [-0.05, 0) is 69.7 Å². The molecule has 0 spiro atoms. The molecule has 1 aromatic carbocycles. The number of anilines is 1. The Kier molecular flexibility index (Phi) is 6.58. The van der Waals surface area contributed by atoms with Crippen molar-refractivity contribution in [1.29, 1.82) is 0 Å². The maximum atomic E-state index is 13.2. The third kappa shape index (κ3) is 5.68. The molecule has 0 aromatic heterocycles. The first-order valence-corrected chi connectivity index (χ1v) is 10.4. The number of halogens is 1. The molecular formula is C23H29FN2O4. The second-order valence-electron chi connectivity index (χ2n) is 8.82. The number of likely N-dealkylation sites (tertiary alicyclic amines) is 1. The Bertz CT molecular complexity index is 878. The van der Waals surface area contributed by atoms with Gasteiger partial charge in [0.25, 0.3) is 5.91 Å². The Morgan fingerprint density at radius 1 is 1.33 bits per heavy atom. The molecule has 6 nitrogen and oxygen atoms in total. The summed E-state index contributed by atoms with van der Waals surface area (Å²) in [6.07, 6.45) is 4.33. The first-order valence-electron chi connectivity index (χ1n) is 10.4. The van der Waals surface area contributed by atoms with E-state index in [4.69, 9.17) is 4.74 Å². The van der Waals surface area contributed by atoms with E-state index < -0.39 is 5.60 Å². The molecular weight excluding hydrogens is 387 g/mol. The first kappa shape index (κ1) is 22.0. The largest absolute Gasteiger partial charge is 0.481 e. The summed E-state index contributed by atoms with van der Waals surface area (Å²) in [6.45, 7) is 6.50. The van der Waals surface area contributed by atoms with Crippen molar-refractivity contribution in [1.82, 2.24) is 4.90 Å². The van der Waals surface area contributed by atoms with E-state index in [1.165, 1.54) is 18.2 Å². The zero-order valence-corrected chi connectivity index (χ0v) is 17.8. The molecule has 7 heteroatoms. The Hall–Kier alpha value is -2.70. The topological polar surface area (TPSA) is 75.7 Å². The molecule has 1 saturated heterocycles. The number of ether oxygens (including phenoxy) is 1. The Morgan fingerprint density at radius 3 is 2.80 bits per heavy atom. The van der Waals surface area contributed by atoms with E-state index in [2.05, 4.69) is 5.32 Å². The van der Waals surface area contributed by atoms with E-state index in [-0.39, 0.29) is 41.5 Å². The van der Waals surface area contributed by atoms with Crippen LogP contribution in [0.5, 0.6) is 0 Å². The summed E-state index contributed by atoms with van der Waals surface area (Å²) in [6, 6.07) is 4.26. The molecule has 2 aliphatic heterocycles. The Labute approximate surface area is 176 Å². The van der Waals surface area contributed by atoms with Crippen LogP contribution in [0.25, 0.3) is 0 Å². The highest BCUT2D eigenvalue weighted by atomic mass is 19.1. The molecule has 1 N–H and O–H groups in total. The molecule has 1 atom stereocenters. The van der Waals surface area contributed by atoms with Gasteiger partial charge in [-0.25, -0.2) is 4.39 Å². The number of allylic oxidation sites excluding steroid dienone is 1. The highest BCUT2D eigenvalue weighted by Crippen LogP contribution is 2.28. The number of aryl methyl sites for hydroxylation is 1. The Balaban J connectivity index is 1.53. The first-order chi connectivity index (χ1) is 14.1. The van der Waals surface area contributed by atoms with Gasteiger partial charge in [0.15, 0.2) is 11.5 Å². The zero-order chi connectivity index (χ0) is 21.9.